The largest absolute Gasteiger partial charge is 0.316 e. The van der Waals surface area contributed by atoms with E-state index in [4.69, 9.17) is 0 Å². The van der Waals surface area contributed by atoms with Crippen molar-refractivity contribution in [3.63, 3.8) is 0 Å². The van der Waals surface area contributed by atoms with E-state index in [0.29, 0.717) is 6.04 Å². The highest BCUT2D eigenvalue weighted by molar-refractivity contribution is 7.99. The molecule has 0 radical (unpaired) electrons. The van der Waals surface area contributed by atoms with Crippen LogP contribution >= 0.6 is 11.8 Å². The highest BCUT2D eigenvalue weighted by atomic mass is 32.2. The first-order chi connectivity index (χ1) is 7.67. The first-order valence-electron chi connectivity index (χ1n) is 5.98. The zero-order valence-electron chi connectivity index (χ0n) is 10.8. The van der Waals surface area contributed by atoms with Crippen LogP contribution in [0.2, 0.25) is 0 Å². The summed E-state index contributed by atoms with van der Waals surface area (Å²) in [6.45, 7) is 6.59. The number of nitrogens with one attached hydrogen (secondary N) is 1. The second-order valence-corrected chi connectivity index (χ2v) is 5.60. The second-order valence-electron chi connectivity index (χ2n) is 4.28. The summed E-state index contributed by atoms with van der Waals surface area (Å²) >= 11 is 2.01. The quantitative estimate of drug-likeness (QED) is 0.815. The summed E-state index contributed by atoms with van der Waals surface area (Å²) in [6, 6.07) is 7.32. The number of thioether (sulfide) groups is 1. The highest BCUT2D eigenvalue weighted by Crippen LogP contribution is 2.14. The maximum atomic E-state index is 3.41. The summed E-state index contributed by atoms with van der Waals surface area (Å²) in [5.74, 6) is 2.39. The fourth-order valence-corrected chi connectivity index (χ4v) is 2.59. The standard InChI is InChI=1S/C14H23NS/c1-5-16-10-14(15-4)9-13-8-11(2)6-7-12(13)3/h6-8,14-15H,5,9-10H2,1-4H3. The zero-order valence-corrected chi connectivity index (χ0v) is 11.7. The van der Waals surface area contributed by atoms with E-state index in [1.165, 1.54) is 28.2 Å². The predicted octanol–water partition coefficient (Wildman–Crippen LogP) is 3.19. The van der Waals surface area contributed by atoms with Gasteiger partial charge < -0.3 is 5.32 Å². The Morgan fingerprint density at radius 3 is 2.69 bits per heavy atom. The lowest BCUT2D eigenvalue weighted by Gasteiger charge is -2.17. The van der Waals surface area contributed by atoms with Crippen LogP contribution < -0.4 is 5.32 Å². The molecule has 0 aliphatic rings. The lowest BCUT2D eigenvalue weighted by molar-refractivity contribution is 0.615. The highest BCUT2D eigenvalue weighted by Gasteiger charge is 2.08. The van der Waals surface area contributed by atoms with E-state index in [-0.39, 0.29) is 0 Å². The molecular weight excluding hydrogens is 214 g/mol. The molecule has 0 bridgehead atoms. The number of likely N-dealkylation sites (N-methyl/N-ethyl adjacent to an activating group) is 1. The van der Waals surface area contributed by atoms with E-state index >= 15 is 0 Å². The Morgan fingerprint density at radius 1 is 1.31 bits per heavy atom. The third-order valence-electron chi connectivity index (χ3n) is 2.90. The van der Waals surface area contributed by atoms with Crippen LogP contribution in [0.1, 0.15) is 23.6 Å². The van der Waals surface area contributed by atoms with Crippen molar-refractivity contribution in [3.05, 3.63) is 34.9 Å². The van der Waals surface area contributed by atoms with Crippen LogP contribution in [-0.2, 0) is 6.42 Å². The summed E-state index contributed by atoms with van der Waals surface area (Å²) in [5, 5.41) is 3.41. The third-order valence-corrected chi connectivity index (χ3v) is 3.95. The molecule has 1 atom stereocenters. The van der Waals surface area contributed by atoms with Gasteiger partial charge in [-0.1, -0.05) is 30.7 Å². The monoisotopic (exact) mass is 237 g/mol. The lowest BCUT2D eigenvalue weighted by Crippen LogP contribution is -2.30. The molecule has 0 aliphatic carbocycles. The number of aryl methyl sites for hydroxylation is 2. The van der Waals surface area contributed by atoms with Crippen molar-refractivity contribution >= 4 is 11.8 Å². The van der Waals surface area contributed by atoms with Gasteiger partial charge in [-0.2, -0.15) is 11.8 Å². The van der Waals surface area contributed by atoms with Gasteiger partial charge in [-0.15, -0.1) is 0 Å². The Labute approximate surface area is 104 Å². The first kappa shape index (κ1) is 13.6. The molecule has 2 heteroatoms. The lowest BCUT2D eigenvalue weighted by atomic mass is 10.00. The van der Waals surface area contributed by atoms with Gasteiger partial charge in [-0.25, -0.2) is 0 Å². The van der Waals surface area contributed by atoms with Gasteiger partial charge >= 0.3 is 0 Å². The SMILES string of the molecule is CCSCC(Cc1cc(C)ccc1C)NC. The Morgan fingerprint density at radius 2 is 2.06 bits per heavy atom. The van der Waals surface area contributed by atoms with Crippen molar-refractivity contribution in [2.24, 2.45) is 0 Å². The minimum absolute atomic E-state index is 0.588. The predicted molar refractivity (Wildman–Crippen MR) is 75.5 cm³/mol. The van der Waals surface area contributed by atoms with Gasteiger partial charge in [0.25, 0.3) is 0 Å². The molecule has 0 fully saturated rings. The van der Waals surface area contributed by atoms with Crippen LogP contribution in [0.5, 0.6) is 0 Å². The van der Waals surface area contributed by atoms with Gasteiger partial charge in [0, 0.05) is 11.8 Å². The van der Waals surface area contributed by atoms with Crippen molar-refractivity contribution in [2.75, 3.05) is 18.6 Å². The fraction of sp³-hybridized carbons (Fsp3) is 0.571. The molecule has 0 spiro atoms. The van der Waals surface area contributed by atoms with Crippen LogP contribution in [0.15, 0.2) is 18.2 Å². The average Bonchev–Trinajstić information content (AvgIpc) is 2.28. The van der Waals surface area contributed by atoms with Gasteiger partial charge in [0.1, 0.15) is 0 Å². The van der Waals surface area contributed by atoms with E-state index in [1.807, 2.05) is 11.8 Å². The Balaban J connectivity index is 2.65. The maximum absolute atomic E-state index is 3.41. The molecule has 16 heavy (non-hydrogen) atoms. The summed E-state index contributed by atoms with van der Waals surface area (Å²) in [4.78, 5) is 0. The van der Waals surface area contributed by atoms with Crippen LogP contribution in [0.3, 0.4) is 0 Å². The van der Waals surface area contributed by atoms with Crippen LogP contribution in [0, 0.1) is 13.8 Å². The number of hydrogen-bond acceptors (Lipinski definition) is 2. The third kappa shape index (κ3) is 4.18. The van der Waals surface area contributed by atoms with Gasteiger partial charge in [0.2, 0.25) is 0 Å². The van der Waals surface area contributed by atoms with Crippen LogP contribution in [0.25, 0.3) is 0 Å². The molecule has 1 aromatic carbocycles. The van der Waals surface area contributed by atoms with Crippen molar-refractivity contribution in [2.45, 2.75) is 33.2 Å². The van der Waals surface area contributed by atoms with Crippen molar-refractivity contribution in [3.8, 4) is 0 Å². The molecule has 1 nitrogen and oxygen atoms in total. The molecule has 1 aromatic rings. The molecule has 0 amide bonds. The Kier molecular flexibility index (Phi) is 5.93. The molecular formula is C14H23NS. The van der Waals surface area contributed by atoms with Crippen LogP contribution in [-0.4, -0.2) is 24.6 Å². The van der Waals surface area contributed by atoms with E-state index < -0.39 is 0 Å². The topological polar surface area (TPSA) is 12.0 Å². The molecule has 90 valence electrons. The van der Waals surface area contributed by atoms with Crippen molar-refractivity contribution in [1.29, 1.82) is 0 Å². The molecule has 0 saturated carbocycles. The summed E-state index contributed by atoms with van der Waals surface area (Å²) < 4.78 is 0. The fourth-order valence-electron chi connectivity index (χ4n) is 1.79. The average molecular weight is 237 g/mol. The van der Waals surface area contributed by atoms with E-state index in [1.54, 1.807) is 0 Å². The molecule has 1 rings (SSSR count). The molecule has 0 aromatic heterocycles. The Hall–Kier alpha value is -0.470. The Bertz CT molecular complexity index is 323. The smallest absolute Gasteiger partial charge is 0.0195 e. The summed E-state index contributed by atoms with van der Waals surface area (Å²) in [6.07, 6.45) is 1.14. The minimum Gasteiger partial charge on any atom is -0.316 e. The molecule has 1 unspecified atom stereocenters. The van der Waals surface area contributed by atoms with E-state index in [0.717, 1.165) is 6.42 Å². The van der Waals surface area contributed by atoms with Gasteiger partial charge in [-0.3, -0.25) is 0 Å². The molecule has 0 heterocycles. The molecule has 0 aliphatic heterocycles. The molecule has 0 saturated heterocycles. The molecule has 1 N–H and O–H groups in total. The van der Waals surface area contributed by atoms with Crippen molar-refractivity contribution < 1.29 is 0 Å². The van der Waals surface area contributed by atoms with Gasteiger partial charge in [0.15, 0.2) is 0 Å². The van der Waals surface area contributed by atoms with Gasteiger partial charge in [-0.05, 0) is 44.2 Å². The minimum atomic E-state index is 0.588. The van der Waals surface area contributed by atoms with E-state index in [9.17, 15) is 0 Å². The van der Waals surface area contributed by atoms with Crippen molar-refractivity contribution in [1.82, 2.24) is 5.32 Å². The summed E-state index contributed by atoms with van der Waals surface area (Å²) in [7, 11) is 2.06. The number of rotatable bonds is 6. The maximum Gasteiger partial charge on any atom is 0.0195 e. The number of benzene rings is 1. The van der Waals surface area contributed by atoms with Gasteiger partial charge in [0.05, 0.1) is 0 Å². The summed E-state index contributed by atoms with van der Waals surface area (Å²) in [5.41, 5.74) is 4.25. The second kappa shape index (κ2) is 6.97. The zero-order chi connectivity index (χ0) is 12.0. The van der Waals surface area contributed by atoms with Crippen LogP contribution in [0.4, 0.5) is 0 Å². The number of hydrogen-bond donors (Lipinski definition) is 1. The first-order valence-corrected chi connectivity index (χ1v) is 7.14. The normalized spacial score (nSPS) is 12.8. The van der Waals surface area contributed by atoms with E-state index in [2.05, 4.69) is 51.3 Å².